The van der Waals surface area contributed by atoms with E-state index in [4.69, 9.17) is 0 Å². The maximum atomic E-state index is 14.1. The van der Waals surface area contributed by atoms with E-state index in [1.54, 1.807) is 32.2 Å². The summed E-state index contributed by atoms with van der Waals surface area (Å²) in [5, 5.41) is 10.2. The molecule has 1 heterocycles. The molecule has 104 valence electrons. The quantitative estimate of drug-likeness (QED) is 0.849. The first-order chi connectivity index (χ1) is 9.42. The molecule has 2 rings (SSSR count). The van der Waals surface area contributed by atoms with Crippen molar-refractivity contribution in [3.63, 3.8) is 0 Å². The molecule has 0 amide bonds. The highest BCUT2D eigenvalue weighted by Gasteiger charge is 2.12. The zero-order valence-corrected chi connectivity index (χ0v) is 12.0. The summed E-state index contributed by atoms with van der Waals surface area (Å²) < 4.78 is 14.1. The van der Waals surface area contributed by atoms with Crippen LogP contribution in [0.4, 0.5) is 4.39 Å². The number of hydrogen-bond acceptors (Lipinski definition) is 2. The van der Waals surface area contributed by atoms with Crippen LogP contribution in [0.2, 0.25) is 0 Å². The lowest BCUT2D eigenvalue weighted by Crippen LogP contribution is -2.14. The van der Waals surface area contributed by atoms with E-state index in [-0.39, 0.29) is 5.82 Å². The van der Waals surface area contributed by atoms with E-state index in [0.717, 1.165) is 18.4 Å². The van der Waals surface area contributed by atoms with Crippen molar-refractivity contribution in [2.24, 2.45) is 0 Å². The third-order valence-corrected chi connectivity index (χ3v) is 2.94. The van der Waals surface area contributed by atoms with Gasteiger partial charge >= 0.3 is 0 Å². The number of fused-ring (bicyclic) bond motifs is 1. The van der Waals surface area contributed by atoms with Crippen LogP contribution < -0.4 is 0 Å². The number of benzene rings is 1. The van der Waals surface area contributed by atoms with Crippen LogP contribution in [-0.2, 0) is 6.42 Å². The molecule has 0 saturated carbocycles. The zero-order chi connectivity index (χ0) is 14.8. The number of aromatic nitrogens is 1. The molecule has 0 radical (unpaired) electrons. The summed E-state index contributed by atoms with van der Waals surface area (Å²) in [6.45, 7) is 5.28. The Labute approximate surface area is 118 Å². The highest BCUT2D eigenvalue weighted by Crippen LogP contribution is 2.24. The van der Waals surface area contributed by atoms with Gasteiger partial charge in [-0.1, -0.05) is 25.2 Å². The molecular weight excluding hydrogens is 253 g/mol. The Balaban J connectivity index is 2.73. The predicted octanol–water partition coefficient (Wildman–Crippen LogP) is 3.45. The second-order valence-corrected chi connectivity index (χ2v) is 5.35. The second kappa shape index (κ2) is 5.60. The molecule has 0 saturated heterocycles. The van der Waals surface area contributed by atoms with E-state index in [9.17, 15) is 9.50 Å². The second-order valence-electron chi connectivity index (χ2n) is 5.35. The molecule has 0 bridgehead atoms. The van der Waals surface area contributed by atoms with Gasteiger partial charge in [0.1, 0.15) is 11.4 Å². The molecule has 0 aliphatic carbocycles. The van der Waals surface area contributed by atoms with Crippen LogP contribution in [0.5, 0.6) is 0 Å². The summed E-state index contributed by atoms with van der Waals surface area (Å²) in [5.74, 6) is 5.50. The van der Waals surface area contributed by atoms with E-state index < -0.39 is 5.60 Å². The Morgan fingerprint density at radius 1 is 1.40 bits per heavy atom. The van der Waals surface area contributed by atoms with Gasteiger partial charge in [0, 0.05) is 11.6 Å². The Kier molecular flexibility index (Phi) is 4.06. The van der Waals surface area contributed by atoms with Crippen LogP contribution in [0.15, 0.2) is 24.4 Å². The van der Waals surface area contributed by atoms with Crippen molar-refractivity contribution in [2.75, 3.05) is 0 Å². The number of nitrogens with zero attached hydrogens (tertiary/aromatic N) is 1. The fraction of sp³-hybridized carbons (Fsp3) is 0.353. The Morgan fingerprint density at radius 2 is 2.15 bits per heavy atom. The molecule has 1 aromatic carbocycles. The molecule has 0 unspecified atom stereocenters. The normalized spacial score (nSPS) is 11.2. The van der Waals surface area contributed by atoms with Gasteiger partial charge in [-0.25, -0.2) is 4.39 Å². The summed E-state index contributed by atoms with van der Waals surface area (Å²) in [6, 6.07) is 4.93. The first-order valence-corrected chi connectivity index (χ1v) is 6.74. The SMILES string of the molecule is CCCc1cc(F)c2cccnc2c1C#CC(C)(C)O. The third kappa shape index (κ3) is 3.15. The minimum atomic E-state index is -1.08. The Bertz CT molecular complexity index is 690. The van der Waals surface area contributed by atoms with Crippen molar-refractivity contribution in [2.45, 2.75) is 39.2 Å². The van der Waals surface area contributed by atoms with Gasteiger partial charge in [0.2, 0.25) is 0 Å². The van der Waals surface area contributed by atoms with Crippen LogP contribution in [0.3, 0.4) is 0 Å². The monoisotopic (exact) mass is 271 g/mol. The van der Waals surface area contributed by atoms with Crippen molar-refractivity contribution in [1.29, 1.82) is 0 Å². The van der Waals surface area contributed by atoms with Gasteiger partial charge in [-0.05, 0) is 44.0 Å². The van der Waals surface area contributed by atoms with E-state index in [2.05, 4.69) is 16.8 Å². The standard InChI is InChI=1S/C17H18FNO/c1-4-6-12-11-15(18)14-7-5-10-19-16(14)13(12)8-9-17(2,3)20/h5,7,10-11,20H,4,6H2,1-3H3. The van der Waals surface area contributed by atoms with Gasteiger partial charge in [-0.15, -0.1) is 0 Å². The topological polar surface area (TPSA) is 33.1 Å². The highest BCUT2D eigenvalue weighted by atomic mass is 19.1. The first-order valence-electron chi connectivity index (χ1n) is 6.74. The molecule has 0 aliphatic rings. The molecule has 0 atom stereocenters. The molecule has 20 heavy (non-hydrogen) atoms. The molecule has 0 spiro atoms. The lowest BCUT2D eigenvalue weighted by atomic mass is 9.98. The fourth-order valence-corrected chi connectivity index (χ4v) is 2.07. The van der Waals surface area contributed by atoms with Crippen molar-refractivity contribution >= 4 is 10.9 Å². The van der Waals surface area contributed by atoms with Gasteiger partial charge < -0.3 is 5.11 Å². The minimum Gasteiger partial charge on any atom is -0.378 e. The lowest BCUT2D eigenvalue weighted by Gasteiger charge is -2.10. The van der Waals surface area contributed by atoms with Crippen molar-refractivity contribution in [3.05, 3.63) is 41.3 Å². The summed E-state index contributed by atoms with van der Waals surface area (Å²) in [5.41, 5.74) is 1.03. The maximum absolute atomic E-state index is 14.1. The molecule has 1 aromatic heterocycles. The van der Waals surface area contributed by atoms with E-state index in [1.807, 2.05) is 6.92 Å². The minimum absolute atomic E-state index is 0.273. The highest BCUT2D eigenvalue weighted by molar-refractivity contribution is 5.86. The van der Waals surface area contributed by atoms with Gasteiger partial charge in [0.25, 0.3) is 0 Å². The fourth-order valence-electron chi connectivity index (χ4n) is 2.07. The predicted molar refractivity (Wildman–Crippen MR) is 78.9 cm³/mol. The molecular formula is C17H18FNO. The summed E-state index contributed by atoms with van der Waals surface area (Å²) in [6.07, 6.45) is 3.26. The average Bonchev–Trinajstić information content (AvgIpc) is 2.37. The number of pyridine rings is 1. The van der Waals surface area contributed by atoms with Crippen LogP contribution in [0.25, 0.3) is 10.9 Å². The van der Waals surface area contributed by atoms with Crippen molar-refractivity contribution in [3.8, 4) is 11.8 Å². The molecule has 2 aromatic rings. The smallest absolute Gasteiger partial charge is 0.132 e. The zero-order valence-electron chi connectivity index (χ0n) is 12.0. The number of rotatable bonds is 2. The van der Waals surface area contributed by atoms with E-state index >= 15 is 0 Å². The number of aliphatic hydroxyl groups is 1. The third-order valence-electron chi connectivity index (χ3n) is 2.94. The number of hydrogen-bond donors (Lipinski definition) is 1. The Hall–Kier alpha value is -1.92. The van der Waals surface area contributed by atoms with Crippen molar-refractivity contribution < 1.29 is 9.50 Å². The van der Waals surface area contributed by atoms with Gasteiger partial charge in [0.15, 0.2) is 0 Å². The summed E-state index contributed by atoms with van der Waals surface area (Å²) in [7, 11) is 0. The number of aryl methyl sites for hydroxylation is 1. The molecule has 0 fully saturated rings. The van der Waals surface area contributed by atoms with Gasteiger partial charge in [-0.2, -0.15) is 0 Å². The van der Waals surface area contributed by atoms with Crippen molar-refractivity contribution in [1.82, 2.24) is 4.98 Å². The van der Waals surface area contributed by atoms with Crippen LogP contribution in [0, 0.1) is 17.7 Å². The molecule has 1 N–H and O–H groups in total. The largest absolute Gasteiger partial charge is 0.378 e. The van der Waals surface area contributed by atoms with Crippen LogP contribution in [0.1, 0.15) is 38.3 Å². The van der Waals surface area contributed by atoms with Crippen LogP contribution in [-0.4, -0.2) is 15.7 Å². The number of halogens is 1. The van der Waals surface area contributed by atoms with E-state index in [1.165, 1.54) is 6.07 Å². The molecule has 3 heteroatoms. The molecule has 0 aliphatic heterocycles. The lowest BCUT2D eigenvalue weighted by molar-refractivity contribution is 0.143. The Morgan fingerprint density at radius 3 is 2.80 bits per heavy atom. The first kappa shape index (κ1) is 14.5. The van der Waals surface area contributed by atoms with Crippen LogP contribution >= 0.6 is 0 Å². The average molecular weight is 271 g/mol. The van der Waals surface area contributed by atoms with E-state index in [0.29, 0.717) is 16.5 Å². The molecule has 2 nitrogen and oxygen atoms in total. The van der Waals surface area contributed by atoms with Gasteiger partial charge in [0.05, 0.1) is 11.1 Å². The summed E-state index contributed by atoms with van der Waals surface area (Å²) >= 11 is 0. The van der Waals surface area contributed by atoms with Gasteiger partial charge in [-0.3, -0.25) is 4.98 Å². The summed E-state index contributed by atoms with van der Waals surface area (Å²) in [4.78, 5) is 4.26. The maximum Gasteiger partial charge on any atom is 0.132 e.